The molecule has 1 spiro atoms. The molecule has 1 saturated carbocycles. The van der Waals surface area contributed by atoms with Crippen LogP contribution in [0.25, 0.3) is 0 Å². The number of halogens is 1. The van der Waals surface area contributed by atoms with E-state index in [0.717, 1.165) is 12.8 Å². The Hall–Kier alpha value is -2.24. The van der Waals surface area contributed by atoms with E-state index in [-0.39, 0.29) is 28.6 Å². The lowest BCUT2D eigenvalue weighted by molar-refractivity contribution is 0.101. The number of Topliss-reactive ketones (excluding diaryl/α,β-unsaturated/α-hetero) is 1. The molecule has 0 aromatic heterocycles. The van der Waals surface area contributed by atoms with Gasteiger partial charge in [-0.1, -0.05) is 0 Å². The number of carbonyl (C=O) groups is 2. The number of anilines is 1. The minimum Gasteiger partial charge on any atom is -0.304 e. The second kappa shape index (κ2) is 3.45. The third-order valence-electron chi connectivity index (χ3n) is 4.12. The fraction of sp³-hybridized carbons (Fsp3) is 0.357. The van der Waals surface area contributed by atoms with Gasteiger partial charge in [-0.2, -0.15) is 0 Å². The van der Waals surface area contributed by atoms with Gasteiger partial charge in [-0.15, -0.1) is 0 Å². The molecule has 4 rings (SSSR count). The zero-order chi connectivity index (χ0) is 14.1. The topological polar surface area (TPSA) is 61.8 Å². The highest BCUT2D eigenvalue weighted by Gasteiger charge is 2.52. The van der Waals surface area contributed by atoms with Crippen LogP contribution in [-0.2, 0) is 0 Å². The minimum absolute atomic E-state index is 0.0165. The number of ketones is 1. The number of nitrogens with zero attached hydrogens (tertiary/aromatic N) is 2. The van der Waals surface area contributed by atoms with Crippen LogP contribution in [0.5, 0.6) is 0 Å². The van der Waals surface area contributed by atoms with Crippen LogP contribution in [0.2, 0.25) is 0 Å². The number of nitrogens with one attached hydrogen (secondary N) is 1. The molecule has 1 N–H and O–H groups in total. The summed E-state index contributed by atoms with van der Waals surface area (Å²) in [6.45, 7) is 1.86. The van der Waals surface area contributed by atoms with Crippen LogP contribution in [0, 0.1) is 5.82 Å². The van der Waals surface area contributed by atoms with E-state index in [1.807, 2.05) is 0 Å². The summed E-state index contributed by atoms with van der Waals surface area (Å²) in [4.78, 5) is 29.6. The molecule has 1 aromatic rings. The van der Waals surface area contributed by atoms with Crippen LogP contribution in [0.1, 0.15) is 35.7 Å². The van der Waals surface area contributed by atoms with Crippen LogP contribution >= 0.6 is 0 Å². The van der Waals surface area contributed by atoms with Gasteiger partial charge < -0.3 is 5.32 Å². The van der Waals surface area contributed by atoms with Crippen molar-refractivity contribution in [1.82, 2.24) is 4.90 Å². The molecule has 3 aliphatic rings. The Kier molecular flexibility index (Phi) is 1.99. The largest absolute Gasteiger partial charge is 0.327 e. The summed E-state index contributed by atoms with van der Waals surface area (Å²) in [6.07, 6.45) is 1.92. The lowest BCUT2D eigenvalue weighted by atomic mass is 10.0. The predicted octanol–water partition coefficient (Wildman–Crippen LogP) is 2.17. The van der Waals surface area contributed by atoms with Crippen molar-refractivity contribution in [2.45, 2.75) is 25.3 Å². The zero-order valence-electron chi connectivity index (χ0n) is 10.9. The van der Waals surface area contributed by atoms with Crippen molar-refractivity contribution < 1.29 is 14.0 Å². The lowest BCUT2D eigenvalue weighted by Gasteiger charge is -2.27. The number of carbonyl (C=O) groups excluding carboxylic acids is 2. The molecule has 2 heterocycles. The summed E-state index contributed by atoms with van der Waals surface area (Å²) in [7, 11) is 0. The van der Waals surface area contributed by atoms with Crippen molar-refractivity contribution in [2.75, 3.05) is 11.9 Å². The number of rotatable bonds is 1. The van der Waals surface area contributed by atoms with E-state index in [9.17, 15) is 14.0 Å². The fourth-order valence-corrected chi connectivity index (χ4v) is 2.81. The summed E-state index contributed by atoms with van der Waals surface area (Å²) < 4.78 is 14.3. The number of amidine groups is 1. The van der Waals surface area contributed by atoms with Gasteiger partial charge in [-0.25, -0.2) is 9.18 Å². The predicted molar refractivity (Wildman–Crippen MR) is 70.6 cm³/mol. The first-order valence-electron chi connectivity index (χ1n) is 6.53. The monoisotopic (exact) mass is 273 g/mol. The molecule has 0 bridgehead atoms. The molecule has 102 valence electrons. The Morgan fingerprint density at radius 2 is 2.20 bits per heavy atom. The van der Waals surface area contributed by atoms with Gasteiger partial charge in [-0.3, -0.25) is 14.7 Å². The van der Waals surface area contributed by atoms with Crippen LogP contribution in [0.3, 0.4) is 0 Å². The van der Waals surface area contributed by atoms with Crippen molar-refractivity contribution in [3.05, 3.63) is 29.1 Å². The highest BCUT2D eigenvalue weighted by atomic mass is 19.1. The van der Waals surface area contributed by atoms with Gasteiger partial charge in [0.1, 0.15) is 5.84 Å². The molecule has 1 aromatic carbocycles. The van der Waals surface area contributed by atoms with E-state index in [2.05, 4.69) is 10.3 Å². The second-order valence-electron chi connectivity index (χ2n) is 5.58. The van der Waals surface area contributed by atoms with E-state index in [1.165, 1.54) is 13.0 Å². The van der Waals surface area contributed by atoms with Gasteiger partial charge >= 0.3 is 6.03 Å². The molecule has 2 aliphatic heterocycles. The molecule has 2 amide bonds. The average molecular weight is 273 g/mol. The van der Waals surface area contributed by atoms with Crippen LogP contribution in [0.15, 0.2) is 17.1 Å². The normalized spacial score (nSPS) is 21.2. The summed E-state index contributed by atoms with van der Waals surface area (Å²) >= 11 is 0. The van der Waals surface area contributed by atoms with Crippen molar-refractivity contribution in [2.24, 2.45) is 4.99 Å². The van der Waals surface area contributed by atoms with Crippen molar-refractivity contribution >= 4 is 23.3 Å². The van der Waals surface area contributed by atoms with Gasteiger partial charge in [0, 0.05) is 5.56 Å². The first kappa shape index (κ1) is 11.6. The Bertz CT molecular complexity index is 707. The third kappa shape index (κ3) is 1.39. The third-order valence-corrected chi connectivity index (χ3v) is 4.12. The lowest BCUT2D eigenvalue weighted by Crippen LogP contribution is -2.43. The SMILES string of the molecule is CC(=O)c1ccc2c(c1F)NC(=O)N1CC3(CC3)N=C21. The molecular weight excluding hydrogens is 261 g/mol. The van der Waals surface area contributed by atoms with E-state index < -0.39 is 5.82 Å². The Labute approximate surface area is 114 Å². The number of aliphatic imine (C=N–C) groups is 1. The number of fused-ring (bicyclic) bond motifs is 3. The van der Waals surface area contributed by atoms with E-state index in [4.69, 9.17) is 0 Å². The van der Waals surface area contributed by atoms with Gasteiger partial charge in [-0.05, 0) is 31.9 Å². The van der Waals surface area contributed by atoms with Crippen molar-refractivity contribution in [3.63, 3.8) is 0 Å². The van der Waals surface area contributed by atoms with Crippen molar-refractivity contribution in [1.29, 1.82) is 0 Å². The number of hydrogen-bond donors (Lipinski definition) is 1. The maximum atomic E-state index is 14.3. The second-order valence-corrected chi connectivity index (χ2v) is 5.58. The summed E-state index contributed by atoms with van der Waals surface area (Å²) in [6, 6.07) is 2.73. The average Bonchev–Trinajstić information content (AvgIpc) is 3.01. The molecule has 1 aliphatic carbocycles. The zero-order valence-corrected chi connectivity index (χ0v) is 10.9. The molecular formula is C14H12FN3O2. The molecule has 1 fully saturated rings. The van der Waals surface area contributed by atoms with Crippen LogP contribution in [-0.4, -0.2) is 34.6 Å². The number of hydrogen-bond acceptors (Lipinski definition) is 3. The van der Waals surface area contributed by atoms with Crippen LogP contribution in [0.4, 0.5) is 14.9 Å². The summed E-state index contributed by atoms with van der Waals surface area (Å²) in [5.74, 6) is -0.522. The van der Waals surface area contributed by atoms with E-state index in [0.29, 0.717) is 17.9 Å². The molecule has 0 atom stereocenters. The van der Waals surface area contributed by atoms with Gasteiger partial charge in [0.2, 0.25) is 0 Å². The maximum Gasteiger partial charge on any atom is 0.327 e. The minimum atomic E-state index is -0.678. The molecule has 0 saturated heterocycles. The molecule has 0 radical (unpaired) electrons. The van der Waals surface area contributed by atoms with Gasteiger partial charge in [0.15, 0.2) is 11.6 Å². The highest BCUT2D eigenvalue weighted by molar-refractivity contribution is 6.20. The fourth-order valence-electron chi connectivity index (χ4n) is 2.81. The highest BCUT2D eigenvalue weighted by Crippen LogP contribution is 2.46. The number of benzene rings is 1. The number of urea groups is 1. The van der Waals surface area contributed by atoms with Gasteiger partial charge in [0.05, 0.1) is 23.3 Å². The summed E-state index contributed by atoms with van der Waals surface area (Å²) in [5.41, 5.74) is 0.452. The summed E-state index contributed by atoms with van der Waals surface area (Å²) in [5, 5.41) is 2.54. The Morgan fingerprint density at radius 1 is 1.45 bits per heavy atom. The standard InChI is InChI=1S/C14H12FN3O2/c1-7(19)8-2-3-9-11(10(8)15)16-13(20)18-6-14(4-5-14)17-12(9)18/h2-3H,4-6H2,1H3,(H,16,20). The maximum absolute atomic E-state index is 14.3. The van der Waals surface area contributed by atoms with E-state index >= 15 is 0 Å². The van der Waals surface area contributed by atoms with Gasteiger partial charge in [0.25, 0.3) is 0 Å². The first-order valence-corrected chi connectivity index (χ1v) is 6.53. The number of amides is 2. The quantitative estimate of drug-likeness (QED) is 0.797. The van der Waals surface area contributed by atoms with Crippen molar-refractivity contribution in [3.8, 4) is 0 Å². The molecule has 20 heavy (non-hydrogen) atoms. The molecule has 6 heteroatoms. The molecule has 0 unspecified atom stereocenters. The Balaban J connectivity index is 1.91. The Morgan fingerprint density at radius 3 is 2.85 bits per heavy atom. The smallest absolute Gasteiger partial charge is 0.304 e. The first-order chi connectivity index (χ1) is 9.51. The van der Waals surface area contributed by atoms with E-state index in [1.54, 1.807) is 11.0 Å². The van der Waals surface area contributed by atoms with Crippen LogP contribution < -0.4 is 5.32 Å². The molecule has 5 nitrogen and oxygen atoms in total.